The minimum Gasteiger partial charge on any atom is -0.453 e. The molecule has 0 unspecified atom stereocenters. The fourth-order valence-corrected chi connectivity index (χ4v) is 2.61. The number of ether oxygens (including phenoxy) is 1. The third-order valence-electron chi connectivity index (χ3n) is 3.98. The predicted molar refractivity (Wildman–Crippen MR) is 87.3 cm³/mol. The molecule has 1 fully saturated rings. The summed E-state index contributed by atoms with van der Waals surface area (Å²) in [6.07, 6.45) is 1.65. The first-order chi connectivity index (χ1) is 11.0. The molecule has 1 saturated heterocycles. The van der Waals surface area contributed by atoms with Gasteiger partial charge >= 0.3 is 0 Å². The SMILES string of the molecule is CC(=O)c1cc2cc(/C(C)=C\C(=O)N3CCOCC3)ccc2o1. The van der Waals surface area contributed by atoms with Crippen molar-refractivity contribution in [2.45, 2.75) is 13.8 Å². The van der Waals surface area contributed by atoms with Crippen LogP contribution in [0.1, 0.15) is 30.0 Å². The lowest BCUT2D eigenvalue weighted by Gasteiger charge is -2.25. The lowest BCUT2D eigenvalue weighted by molar-refractivity contribution is -0.129. The van der Waals surface area contributed by atoms with Gasteiger partial charge in [-0.3, -0.25) is 9.59 Å². The third kappa shape index (κ3) is 3.35. The number of morpholine rings is 1. The van der Waals surface area contributed by atoms with E-state index >= 15 is 0 Å². The maximum Gasteiger partial charge on any atom is 0.246 e. The molecular weight excluding hydrogens is 294 g/mol. The van der Waals surface area contributed by atoms with E-state index in [1.807, 2.05) is 25.1 Å². The van der Waals surface area contributed by atoms with Crippen molar-refractivity contribution >= 4 is 28.2 Å². The number of carbonyl (C=O) groups is 2. The van der Waals surface area contributed by atoms with Gasteiger partial charge in [0.05, 0.1) is 13.2 Å². The minimum absolute atomic E-state index is 0.00233. The zero-order valence-electron chi connectivity index (χ0n) is 13.3. The zero-order chi connectivity index (χ0) is 16.4. The summed E-state index contributed by atoms with van der Waals surface area (Å²) in [6.45, 7) is 5.83. The number of fused-ring (bicyclic) bond motifs is 1. The summed E-state index contributed by atoms with van der Waals surface area (Å²) in [5.74, 6) is 0.253. The Balaban J connectivity index is 1.84. The Morgan fingerprint density at radius 3 is 2.57 bits per heavy atom. The lowest BCUT2D eigenvalue weighted by atomic mass is 10.0. The summed E-state index contributed by atoms with van der Waals surface area (Å²) in [6, 6.07) is 7.39. The first kappa shape index (κ1) is 15.5. The number of hydrogen-bond acceptors (Lipinski definition) is 4. The molecule has 0 atom stereocenters. The van der Waals surface area contributed by atoms with Crippen molar-refractivity contribution in [3.05, 3.63) is 41.7 Å². The first-order valence-electron chi connectivity index (χ1n) is 7.64. The largest absolute Gasteiger partial charge is 0.453 e. The summed E-state index contributed by atoms with van der Waals surface area (Å²) in [5, 5.41) is 0.860. The Morgan fingerprint density at radius 2 is 1.87 bits per heavy atom. The highest BCUT2D eigenvalue weighted by atomic mass is 16.5. The van der Waals surface area contributed by atoms with Crippen molar-refractivity contribution in [1.29, 1.82) is 0 Å². The van der Waals surface area contributed by atoms with Gasteiger partial charge < -0.3 is 14.1 Å². The van der Waals surface area contributed by atoms with Gasteiger partial charge in [-0.25, -0.2) is 0 Å². The molecule has 0 radical (unpaired) electrons. The molecule has 0 N–H and O–H groups in total. The van der Waals surface area contributed by atoms with Crippen LogP contribution in [0, 0.1) is 0 Å². The van der Waals surface area contributed by atoms with Crippen LogP contribution in [0.3, 0.4) is 0 Å². The van der Waals surface area contributed by atoms with Crippen LogP contribution in [0.2, 0.25) is 0 Å². The molecule has 0 saturated carbocycles. The molecule has 1 aromatic carbocycles. The van der Waals surface area contributed by atoms with E-state index in [0.29, 0.717) is 37.6 Å². The standard InChI is InChI=1S/C18H19NO4/c1-12(9-18(21)19-5-7-22-8-6-19)14-3-4-16-15(10-14)11-17(23-16)13(2)20/h3-4,9-11H,5-8H2,1-2H3/b12-9-. The third-order valence-corrected chi connectivity index (χ3v) is 3.98. The summed E-state index contributed by atoms with van der Waals surface area (Å²) in [4.78, 5) is 25.4. The Kier molecular flexibility index (Phi) is 4.30. The Morgan fingerprint density at radius 1 is 1.13 bits per heavy atom. The van der Waals surface area contributed by atoms with E-state index in [0.717, 1.165) is 16.5 Å². The Bertz CT molecular complexity index is 781. The molecule has 0 spiro atoms. The molecule has 0 bridgehead atoms. The Hall–Kier alpha value is -2.40. The van der Waals surface area contributed by atoms with Crippen LogP contribution < -0.4 is 0 Å². The maximum absolute atomic E-state index is 12.3. The molecule has 5 heteroatoms. The Labute approximate surface area is 134 Å². The molecule has 1 aromatic heterocycles. The number of furan rings is 1. The number of amides is 1. The molecule has 120 valence electrons. The van der Waals surface area contributed by atoms with E-state index in [9.17, 15) is 9.59 Å². The van der Waals surface area contributed by atoms with Crippen molar-refractivity contribution < 1.29 is 18.7 Å². The van der Waals surface area contributed by atoms with Crippen molar-refractivity contribution in [3.63, 3.8) is 0 Å². The average Bonchev–Trinajstić information content (AvgIpc) is 2.99. The van der Waals surface area contributed by atoms with Gasteiger partial charge in [-0.1, -0.05) is 6.07 Å². The van der Waals surface area contributed by atoms with Gasteiger partial charge in [0, 0.05) is 31.5 Å². The number of hydrogen-bond donors (Lipinski definition) is 0. The topological polar surface area (TPSA) is 59.8 Å². The van der Waals surface area contributed by atoms with Crippen molar-refractivity contribution in [2.24, 2.45) is 0 Å². The van der Waals surface area contributed by atoms with Gasteiger partial charge in [0.15, 0.2) is 11.5 Å². The van der Waals surface area contributed by atoms with Crippen LogP contribution in [-0.4, -0.2) is 42.9 Å². The number of nitrogens with zero attached hydrogens (tertiary/aromatic N) is 1. The molecule has 1 aliphatic heterocycles. The molecule has 1 aliphatic rings. The van der Waals surface area contributed by atoms with E-state index < -0.39 is 0 Å². The van der Waals surface area contributed by atoms with Gasteiger partial charge in [0.25, 0.3) is 0 Å². The number of ketones is 1. The highest BCUT2D eigenvalue weighted by Gasteiger charge is 2.15. The van der Waals surface area contributed by atoms with E-state index in [1.54, 1.807) is 17.0 Å². The number of benzene rings is 1. The number of carbonyl (C=O) groups excluding carboxylic acids is 2. The quantitative estimate of drug-likeness (QED) is 0.646. The summed E-state index contributed by atoms with van der Waals surface area (Å²) < 4.78 is 10.7. The highest BCUT2D eigenvalue weighted by Crippen LogP contribution is 2.24. The van der Waals surface area contributed by atoms with E-state index in [-0.39, 0.29) is 11.7 Å². The normalized spacial score (nSPS) is 15.9. The second kappa shape index (κ2) is 6.38. The van der Waals surface area contributed by atoms with Crippen LogP contribution in [0.25, 0.3) is 16.5 Å². The van der Waals surface area contributed by atoms with Crippen molar-refractivity contribution in [2.75, 3.05) is 26.3 Å². The monoisotopic (exact) mass is 313 g/mol. The lowest BCUT2D eigenvalue weighted by Crippen LogP contribution is -2.39. The van der Waals surface area contributed by atoms with Gasteiger partial charge in [0.2, 0.25) is 5.91 Å². The molecule has 5 nitrogen and oxygen atoms in total. The van der Waals surface area contributed by atoms with Crippen LogP contribution in [0.5, 0.6) is 0 Å². The zero-order valence-corrected chi connectivity index (χ0v) is 13.3. The van der Waals surface area contributed by atoms with Crippen LogP contribution >= 0.6 is 0 Å². The van der Waals surface area contributed by atoms with Crippen molar-refractivity contribution in [3.8, 4) is 0 Å². The number of allylic oxidation sites excluding steroid dienone is 1. The van der Waals surface area contributed by atoms with Gasteiger partial charge in [0.1, 0.15) is 5.58 Å². The second-order valence-electron chi connectivity index (χ2n) is 5.68. The predicted octanol–water partition coefficient (Wildman–Crippen LogP) is 2.90. The van der Waals surface area contributed by atoms with Gasteiger partial charge in [-0.15, -0.1) is 0 Å². The van der Waals surface area contributed by atoms with E-state index in [1.165, 1.54) is 6.92 Å². The van der Waals surface area contributed by atoms with Crippen molar-refractivity contribution in [1.82, 2.24) is 4.90 Å². The smallest absolute Gasteiger partial charge is 0.246 e. The van der Waals surface area contributed by atoms with E-state index in [2.05, 4.69) is 0 Å². The van der Waals surface area contributed by atoms with E-state index in [4.69, 9.17) is 9.15 Å². The molecule has 0 aliphatic carbocycles. The summed E-state index contributed by atoms with van der Waals surface area (Å²) in [7, 11) is 0. The highest BCUT2D eigenvalue weighted by molar-refractivity contribution is 5.98. The molecule has 23 heavy (non-hydrogen) atoms. The van der Waals surface area contributed by atoms with Crippen LogP contribution in [-0.2, 0) is 9.53 Å². The molecule has 3 rings (SSSR count). The fraction of sp³-hybridized carbons (Fsp3) is 0.333. The van der Waals surface area contributed by atoms with Crippen LogP contribution in [0.4, 0.5) is 0 Å². The van der Waals surface area contributed by atoms with Crippen LogP contribution in [0.15, 0.2) is 34.8 Å². The summed E-state index contributed by atoms with van der Waals surface area (Å²) in [5.41, 5.74) is 2.50. The maximum atomic E-state index is 12.3. The average molecular weight is 313 g/mol. The molecule has 1 amide bonds. The second-order valence-corrected chi connectivity index (χ2v) is 5.68. The number of Topliss-reactive ketones (excluding diaryl/α,β-unsaturated/α-hetero) is 1. The molecule has 2 aromatic rings. The molecular formula is C18H19NO4. The first-order valence-corrected chi connectivity index (χ1v) is 7.64. The molecule has 2 heterocycles. The fourth-order valence-electron chi connectivity index (χ4n) is 2.61. The number of rotatable bonds is 3. The van der Waals surface area contributed by atoms with Gasteiger partial charge in [-0.05, 0) is 36.3 Å². The summed E-state index contributed by atoms with van der Waals surface area (Å²) >= 11 is 0. The minimum atomic E-state index is -0.0995. The van der Waals surface area contributed by atoms with Gasteiger partial charge in [-0.2, -0.15) is 0 Å².